The van der Waals surface area contributed by atoms with E-state index < -0.39 is 12.0 Å². The summed E-state index contributed by atoms with van der Waals surface area (Å²) in [6, 6.07) is 12.0. The highest BCUT2D eigenvalue weighted by atomic mass is 19.4. The molecule has 0 saturated carbocycles. The molecule has 7 heteroatoms. The van der Waals surface area contributed by atoms with Crippen LogP contribution >= 0.6 is 0 Å². The van der Waals surface area contributed by atoms with Crippen LogP contribution in [-0.4, -0.2) is 23.3 Å². The van der Waals surface area contributed by atoms with Crippen LogP contribution in [-0.2, 0) is 19.1 Å². The van der Waals surface area contributed by atoms with E-state index in [1.165, 1.54) is 7.11 Å². The van der Waals surface area contributed by atoms with Crippen LogP contribution in [0.1, 0.15) is 11.4 Å². The van der Waals surface area contributed by atoms with Crippen LogP contribution in [0.2, 0.25) is 0 Å². The summed E-state index contributed by atoms with van der Waals surface area (Å²) in [7, 11) is 1.52. The maximum absolute atomic E-state index is 13.3. The monoisotopic (exact) mass is 376 g/mol. The number of allylic oxidation sites excluding steroid dienone is 1. The number of fused-ring (bicyclic) bond motifs is 1. The van der Waals surface area contributed by atoms with Crippen LogP contribution in [0, 0.1) is 0 Å². The zero-order valence-electron chi connectivity index (χ0n) is 14.8. The quantitative estimate of drug-likeness (QED) is 0.552. The summed E-state index contributed by atoms with van der Waals surface area (Å²) in [5.41, 5.74) is 1.73. The first-order valence-corrected chi connectivity index (χ1v) is 8.37. The van der Waals surface area contributed by atoms with Crippen molar-refractivity contribution in [2.45, 2.75) is 19.1 Å². The van der Waals surface area contributed by atoms with Crippen molar-refractivity contribution in [1.29, 1.82) is 0 Å². The SMILES string of the molecule is C=CCc1ccc(OCCn2c(C(F)(F)F)nc3ccccc32)c(OC)c1. The lowest BCUT2D eigenvalue weighted by Gasteiger charge is -2.14. The largest absolute Gasteiger partial charge is 0.493 e. The molecular weight excluding hydrogens is 357 g/mol. The summed E-state index contributed by atoms with van der Waals surface area (Å²) in [4.78, 5) is 3.72. The van der Waals surface area contributed by atoms with Gasteiger partial charge in [0.2, 0.25) is 5.82 Å². The number of rotatable bonds is 7. The van der Waals surface area contributed by atoms with Gasteiger partial charge in [-0.2, -0.15) is 13.2 Å². The molecule has 0 N–H and O–H groups in total. The number of para-hydroxylation sites is 2. The second-order valence-electron chi connectivity index (χ2n) is 5.90. The van der Waals surface area contributed by atoms with Gasteiger partial charge in [-0.15, -0.1) is 6.58 Å². The maximum Gasteiger partial charge on any atom is 0.449 e. The van der Waals surface area contributed by atoms with E-state index in [-0.39, 0.29) is 13.2 Å². The van der Waals surface area contributed by atoms with Gasteiger partial charge >= 0.3 is 6.18 Å². The van der Waals surface area contributed by atoms with Crippen LogP contribution in [0.15, 0.2) is 55.1 Å². The average Bonchev–Trinajstić information content (AvgIpc) is 3.02. The molecule has 0 atom stereocenters. The number of halogens is 3. The highest BCUT2D eigenvalue weighted by Gasteiger charge is 2.37. The van der Waals surface area contributed by atoms with Gasteiger partial charge in [-0.1, -0.05) is 24.3 Å². The lowest BCUT2D eigenvalue weighted by Crippen LogP contribution is -2.18. The third kappa shape index (κ3) is 4.07. The fourth-order valence-corrected chi connectivity index (χ4v) is 2.89. The Balaban J connectivity index is 1.81. The van der Waals surface area contributed by atoms with E-state index in [1.807, 2.05) is 12.1 Å². The van der Waals surface area contributed by atoms with E-state index >= 15 is 0 Å². The minimum Gasteiger partial charge on any atom is -0.493 e. The van der Waals surface area contributed by atoms with Crippen molar-refractivity contribution in [3.8, 4) is 11.5 Å². The van der Waals surface area contributed by atoms with Crippen LogP contribution in [0.4, 0.5) is 13.2 Å². The summed E-state index contributed by atoms with van der Waals surface area (Å²) in [5.74, 6) is 0.0739. The molecule has 0 spiro atoms. The van der Waals surface area contributed by atoms with Crippen molar-refractivity contribution in [3.63, 3.8) is 0 Å². The van der Waals surface area contributed by atoms with Crippen molar-refractivity contribution in [3.05, 3.63) is 66.5 Å². The van der Waals surface area contributed by atoms with Gasteiger partial charge in [0.25, 0.3) is 0 Å². The molecule has 1 heterocycles. The molecule has 142 valence electrons. The van der Waals surface area contributed by atoms with Crippen LogP contribution in [0.25, 0.3) is 11.0 Å². The Hall–Kier alpha value is -2.96. The first-order chi connectivity index (χ1) is 12.9. The Morgan fingerprint density at radius 3 is 2.63 bits per heavy atom. The second-order valence-corrected chi connectivity index (χ2v) is 5.90. The highest BCUT2D eigenvalue weighted by molar-refractivity contribution is 5.76. The Morgan fingerprint density at radius 1 is 1.15 bits per heavy atom. The minimum absolute atomic E-state index is 0.00687. The number of hydrogen-bond donors (Lipinski definition) is 0. The van der Waals surface area contributed by atoms with Crippen LogP contribution < -0.4 is 9.47 Å². The molecule has 0 bridgehead atoms. The second kappa shape index (κ2) is 7.73. The molecule has 3 rings (SSSR count). The van der Waals surface area contributed by atoms with E-state index in [1.54, 1.807) is 36.4 Å². The van der Waals surface area contributed by atoms with E-state index in [0.717, 1.165) is 10.1 Å². The fraction of sp³-hybridized carbons (Fsp3) is 0.250. The Morgan fingerprint density at radius 2 is 1.93 bits per heavy atom. The summed E-state index contributed by atoms with van der Waals surface area (Å²) in [5, 5.41) is 0. The fourth-order valence-electron chi connectivity index (χ4n) is 2.89. The molecular formula is C20H19F3N2O2. The molecule has 27 heavy (non-hydrogen) atoms. The van der Waals surface area contributed by atoms with Crippen LogP contribution in [0.5, 0.6) is 11.5 Å². The number of benzene rings is 2. The van der Waals surface area contributed by atoms with Gasteiger partial charge in [-0.3, -0.25) is 0 Å². The molecule has 0 aliphatic carbocycles. The Labute approximate surface area is 154 Å². The summed E-state index contributed by atoms with van der Waals surface area (Å²) in [6.07, 6.45) is -2.08. The van der Waals surface area contributed by atoms with Gasteiger partial charge in [-0.05, 0) is 36.2 Å². The maximum atomic E-state index is 13.3. The van der Waals surface area contributed by atoms with Crippen molar-refractivity contribution < 1.29 is 22.6 Å². The number of ether oxygens (including phenoxy) is 2. The molecule has 0 saturated heterocycles. The molecule has 0 aliphatic heterocycles. The third-order valence-electron chi connectivity index (χ3n) is 4.09. The summed E-state index contributed by atoms with van der Waals surface area (Å²) >= 11 is 0. The molecule has 0 unspecified atom stereocenters. The highest BCUT2D eigenvalue weighted by Crippen LogP contribution is 2.32. The lowest BCUT2D eigenvalue weighted by atomic mass is 10.1. The molecule has 0 aliphatic rings. The van der Waals surface area contributed by atoms with E-state index in [0.29, 0.717) is 29.0 Å². The van der Waals surface area contributed by atoms with Gasteiger partial charge in [0.1, 0.15) is 6.61 Å². The third-order valence-corrected chi connectivity index (χ3v) is 4.09. The van der Waals surface area contributed by atoms with Crippen molar-refractivity contribution in [2.24, 2.45) is 0 Å². The molecule has 0 amide bonds. The van der Waals surface area contributed by atoms with Gasteiger partial charge in [0, 0.05) is 0 Å². The van der Waals surface area contributed by atoms with Crippen molar-refractivity contribution >= 4 is 11.0 Å². The summed E-state index contributed by atoms with van der Waals surface area (Å²) < 4.78 is 52.1. The normalized spacial score (nSPS) is 11.6. The topological polar surface area (TPSA) is 36.3 Å². The zero-order valence-corrected chi connectivity index (χ0v) is 14.8. The smallest absolute Gasteiger partial charge is 0.449 e. The molecule has 0 fully saturated rings. The molecule has 2 aromatic carbocycles. The first-order valence-electron chi connectivity index (χ1n) is 8.37. The number of methoxy groups -OCH3 is 1. The van der Waals surface area contributed by atoms with Gasteiger partial charge in [-0.25, -0.2) is 4.98 Å². The minimum atomic E-state index is -4.54. The standard InChI is InChI=1S/C20H19F3N2O2/c1-3-6-14-9-10-17(18(13-14)26-2)27-12-11-25-16-8-5-4-7-15(16)24-19(25)20(21,22)23/h3-5,7-10,13H,1,6,11-12H2,2H3. The average molecular weight is 376 g/mol. The van der Waals surface area contributed by atoms with E-state index in [4.69, 9.17) is 9.47 Å². The molecule has 0 radical (unpaired) electrons. The van der Waals surface area contributed by atoms with Crippen molar-refractivity contribution in [1.82, 2.24) is 9.55 Å². The van der Waals surface area contributed by atoms with Crippen LogP contribution in [0.3, 0.4) is 0 Å². The van der Waals surface area contributed by atoms with Gasteiger partial charge < -0.3 is 14.0 Å². The summed E-state index contributed by atoms with van der Waals surface area (Å²) in [6.45, 7) is 3.74. The predicted molar refractivity (Wildman–Crippen MR) is 97.1 cm³/mol. The first kappa shape index (κ1) is 18.8. The zero-order chi connectivity index (χ0) is 19.4. The van der Waals surface area contributed by atoms with E-state index in [9.17, 15) is 13.2 Å². The Kier molecular flexibility index (Phi) is 5.39. The predicted octanol–water partition coefficient (Wildman–Crippen LogP) is 4.87. The van der Waals surface area contributed by atoms with Crippen molar-refractivity contribution in [2.75, 3.05) is 13.7 Å². The Bertz CT molecular complexity index is 948. The van der Waals surface area contributed by atoms with Gasteiger partial charge in [0.05, 0.1) is 24.7 Å². The number of alkyl halides is 3. The molecule has 1 aromatic heterocycles. The van der Waals surface area contributed by atoms with E-state index in [2.05, 4.69) is 11.6 Å². The lowest BCUT2D eigenvalue weighted by molar-refractivity contribution is -0.147. The molecule has 3 aromatic rings. The molecule has 4 nitrogen and oxygen atoms in total. The van der Waals surface area contributed by atoms with Gasteiger partial charge in [0.15, 0.2) is 11.5 Å². The number of hydrogen-bond acceptors (Lipinski definition) is 3. The number of imidazole rings is 1. The number of aromatic nitrogens is 2. The number of nitrogens with zero attached hydrogens (tertiary/aromatic N) is 2.